The Bertz CT molecular complexity index is 1500. The van der Waals surface area contributed by atoms with Crippen LogP contribution in [0, 0.1) is 0 Å². The van der Waals surface area contributed by atoms with E-state index in [0.29, 0.717) is 28.0 Å². The summed E-state index contributed by atoms with van der Waals surface area (Å²) in [6.45, 7) is -0.0638. The van der Waals surface area contributed by atoms with E-state index in [1.54, 1.807) is 36.4 Å². The number of amides is 1. The van der Waals surface area contributed by atoms with Gasteiger partial charge >= 0.3 is 11.6 Å². The Kier molecular flexibility index (Phi) is 4.55. The first-order valence-corrected chi connectivity index (χ1v) is 9.97. The summed E-state index contributed by atoms with van der Waals surface area (Å²) in [5.74, 6) is -0.204. The maximum Gasteiger partial charge on any atom is 0.349 e. The average molecular weight is 438 g/mol. The predicted octanol–water partition coefficient (Wildman–Crippen LogP) is 2.45. The van der Waals surface area contributed by atoms with Crippen LogP contribution in [0.1, 0.15) is 10.4 Å². The van der Waals surface area contributed by atoms with Gasteiger partial charge in [-0.1, -0.05) is 29.5 Å². The quantitative estimate of drug-likeness (QED) is 0.357. The highest BCUT2D eigenvalue weighted by molar-refractivity contribution is 7.16. The summed E-state index contributed by atoms with van der Waals surface area (Å²) >= 11 is 1.17. The number of aromatic nitrogens is 1. The maximum absolute atomic E-state index is 12.9. The van der Waals surface area contributed by atoms with Crippen molar-refractivity contribution in [2.24, 2.45) is 4.99 Å². The first kappa shape index (κ1) is 19.1. The summed E-state index contributed by atoms with van der Waals surface area (Å²) in [4.78, 5) is 41.5. The molecule has 0 saturated heterocycles. The minimum Gasteiger partial charge on any atom is -0.468 e. The van der Waals surface area contributed by atoms with Crippen molar-refractivity contribution in [2.75, 3.05) is 13.9 Å². The van der Waals surface area contributed by atoms with Crippen LogP contribution in [0.5, 0.6) is 11.5 Å². The van der Waals surface area contributed by atoms with Crippen molar-refractivity contribution in [3.05, 3.63) is 63.2 Å². The lowest BCUT2D eigenvalue weighted by atomic mass is 10.2. The van der Waals surface area contributed by atoms with Crippen molar-refractivity contribution in [1.82, 2.24) is 4.57 Å². The van der Waals surface area contributed by atoms with Gasteiger partial charge in [0.05, 0.1) is 17.3 Å². The third-order valence-corrected chi connectivity index (χ3v) is 5.80. The van der Waals surface area contributed by atoms with Gasteiger partial charge in [0.25, 0.3) is 5.91 Å². The zero-order valence-corrected chi connectivity index (χ0v) is 16.9. The molecule has 0 unspecified atom stereocenters. The molecular weight excluding hydrogens is 424 g/mol. The molecule has 0 radical (unpaired) electrons. The number of fused-ring (bicyclic) bond motifs is 3. The number of nitrogens with zero attached hydrogens (tertiary/aromatic N) is 2. The van der Waals surface area contributed by atoms with Gasteiger partial charge in [0.15, 0.2) is 16.3 Å². The number of hydrogen-bond acceptors (Lipinski definition) is 8. The number of para-hydroxylation sites is 1. The van der Waals surface area contributed by atoms with Crippen molar-refractivity contribution < 1.29 is 28.2 Å². The monoisotopic (exact) mass is 438 g/mol. The Morgan fingerprint density at radius 2 is 1.94 bits per heavy atom. The molecule has 31 heavy (non-hydrogen) atoms. The molecule has 0 aliphatic carbocycles. The van der Waals surface area contributed by atoms with Gasteiger partial charge in [0.2, 0.25) is 6.79 Å². The lowest BCUT2D eigenvalue weighted by Crippen LogP contribution is -2.23. The molecule has 2 aromatic heterocycles. The molecule has 0 spiro atoms. The Hall–Kier alpha value is -3.92. The topological polar surface area (TPSA) is 109 Å². The van der Waals surface area contributed by atoms with Gasteiger partial charge in [0.1, 0.15) is 17.7 Å². The molecule has 0 bridgehead atoms. The third kappa shape index (κ3) is 3.36. The zero-order valence-electron chi connectivity index (χ0n) is 16.1. The van der Waals surface area contributed by atoms with Crippen LogP contribution in [0.2, 0.25) is 0 Å². The highest BCUT2D eigenvalue weighted by Gasteiger charge is 2.20. The number of ether oxygens (including phenoxy) is 3. The molecule has 0 fully saturated rings. The second kappa shape index (κ2) is 7.40. The summed E-state index contributed by atoms with van der Waals surface area (Å²) in [5.41, 5.74) is 0.0155. The average Bonchev–Trinajstić information content (AvgIpc) is 3.35. The van der Waals surface area contributed by atoms with Gasteiger partial charge in [-0.25, -0.2) is 4.79 Å². The van der Waals surface area contributed by atoms with Crippen LogP contribution in [0.4, 0.5) is 0 Å². The summed E-state index contributed by atoms with van der Waals surface area (Å²) in [5, 5.41) is 0.602. The molecule has 1 amide bonds. The summed E-state index contributed by atoms with van der Waals surface area (Å²) in [6, 6.07) is 11.8. The number of carbonyl (C=O) groups excluding carboxylic acids is 2. The molecule has 0 atom stereocenters. The van der Waals surface area contributed by atoms with E-state index in [9.17, 15) is 14.4 Å². The van der Waals surface area contributed by atoms with Crippen LogP contribution in [0.25, 0.3) is 21.2 Å². The van der Waals surface area contributed by atoms with Crippen molar-refractivity contribution in [2.45, 2.75) is 6.54 Å². The van der Waals surface area contributed by atoms with Gasteiger partial charge in [-0.15, -0.1) is 0 Å². The lowest BCUT2D eigenvalue weighted by Gasteiger charge is -2.04. The van der Waals surface area contributed by atoms with Gasteiger partial charge < -0.3 is 23.2 Å². The standard InChI is InChI=1S/C21H14N2O7S/c1-27-18(24)9-23-13-7-15-16(29-10-28-15)8-17(13)31-21(23)22-19(25)12-6-11-4-2-3-5-14(11)30-20(12)26/h2-8H,9-10H2,1H3. The predicted molar refractivity (Wildman–Crippen MR) is 110 cm³/mol. The van der Waals surface area contributed by atoms with E-state index < -0.39 is 17.5 Å². The van der Waals surface area contributed by atoms with Gasteiger partial charge in [-0.3, -0.25) is 9.59 Å². The number of rotatable bonds is 3. The molecule has 0 saturated carbocycles. The fourth-order valence-electron chi connectivity index (χ4n) is 3.25. The summed E-state index contributed by atoms with van der Waals surface area (Å²) in [6.07, 6.45) is 0. The van der Waals surface area contributed by atoms with E-state index in [4.69, 9.17) is 18.6 Å². The summed E-state index contributed by atoms with van der Waals surface area (Å²) < 4.78 is 23.1. The molecule has 0 N–H and O–H groups in total. The van der Waals surface area contributed by atoms with Gasteiger partial charge in [-0.2, -0.15) is 4.99 Å². The Morgan fingerprint density at radius 3 is 2.74 bits per heavy atom. The smallest absolute Gasteiger partial charge is 0.349 e. The Morgan fingerprint density at radius 1 is 1.16 bits per heavy atom. The molecule has 3 heterocycles. The second-order valence-electron chi connectivity index (χ2n) is 6.62. The molecule has 156 valence electrons. The number of esters is 1. The molecule has 9 nitrogen and oxygen atoms in total. The van der Waals surface area contributed by atoms with Crippen LogP contribution in [-0.2, 0) is 16.1 Å². The van der Waals surface area contributed by atoms with E-state index in [0.717, 1.165) is 4.70 Å². The molecule has 10 heteroatoms. The van der Waals surface area contributed by atoms with Gasteiger partial charge in [0, 0.05) is 17.5 Å². The van der Waals surface area contributed by atoms with Crippen LogP contribution in [-0.4, -0.2) is 30.3 Å². The van der Waals surface area contributed by atoms with E-state index in [1.807, 2.05) is 0 Å². The molecule has 2 aromatic carbocycles. The van der Waals surface area contributed by atoms with E-state index in [-0.39, 0.29) is 23.7 Å². The first-order valence-electron chi connectivity index (χ1n) is 9.15. The summed E-state index contributed by atoms with van der Waals surface area (Å²) in [7, 11) is 1.27. The van der Waals surface area contributed by atoms with Gasteiger partial charge in [-0.05, 0) is 12.1 Å². The Labute approximate surface area is 177 Å². The van der Waals surface area contributed by atoms with Crippen molar-refractivity contribution >= 4 is 44.4 Å². The van der Waals surface area contributed by atoms with E-state index in [1.165, 1.54) is 29.1 Å². The fraction of sp³-hybridized carbons (Fsp3) is 0.143. The SMILES string of the molecule is COC(=O)Cn1c(=NC(=O)c2cc3ccccc3oc2=O)sc2cc3c(cc21)OCO3. The van der Waals surface area contributed by atoms with Crippen LogP contribution in [0.3, 0.4) is 0 Å². The van der Waals surface area contributed by atoms with E-state index >= 15 is 0 Å². The third-order valence-electron chi connectivity index (χ3n) is 4.76. The van der Waals surface area contributed by atoms with E-state index in [2.05, 4.69) is 4.99 Å². The molecule has 1 aliphatic heterocycles. The number of methoxy groups -OCH3 is 1. The lowest BCUT2D eigenvalue weighted by molar-refractivity contribution is -0.141. The molecule has 4 aromatic rings. The highest BCUT2D eigenvalue weighted by Crippen LogP contribution is 2.37. The molecule has 5 rings (SSSR count). The van der Waals surface area contributed by atoms with Crippen molar-refractivity contribution in [3.63, 3.8) is 0 Å². The molecular formula is C21H14N2O7S. The molecule has 1 aliphatic rings. The largest absolute Gasteiger partial charge is 0.468 e. The number of hydrogen-bond donors (Lipinski definition) is 0. The minimum atomic E-state index is -0.783. The van der Waals surface area contributed by atoms with Crippen LogP contribution in [0.15, 0.2) is 56.7 Å². The maximum atomic E-state index is 12.9. The highest BCUT2D eigenvalue weighted by atomic mass is 32.1. The fourth-order valence-corrected chi connectivity index (χ4v) is 4.29. The Balaban J connectivity index is 1.67. The zero-order chi connectivity index (χ0) is 21.5. The minimum absolute atomic E-state index is 0.108. The van der Waals surface area contributed by atoms with Crippen molar-refractivity contribution in [3.8, 4) is 11.5 Å². The van der Waals surface area contributed by atoms with Crippen molar-refractivity contribution in [1.29, 1.82) is 0 Å². The van der Waals surface area contributed by atoms with Crippen LogP contribution < -0.4 is 19.9 Å². The normalized spacial score (nSPS) is 13.1. The van der Waals surface area contributed by atoms with Crippen LogP contribution >= 0.6 is 11.3 Å². The number of benzene rings is 2. The number of carbonyl (C=O) groups is 2. The first-order chi connectivity index (χ1) is 15.0. The second-order valence-corrected chi connectivity index (χ2v) is 7.63. The number of thiazole rings is 1.